The summed E-state index contributed by atoms with van der Waals surface area (Å²) in [5, 5.41) is 15.0. The number of fused-ring (bicyclic) bond motifs is 1. The molecule has 13 heteroatoms. The average molecular weight is 657 g/mol. The van der Waals surface area contributed by atoms with Crippen molar-refractivity contribution in [2.75, 3.05) is 88.0 Å². The maximum atomic E-state index is 12.3. The Labute approximate surface area is 280 Å². The summed E-state index contributed by atoms with van der Waals surface area (Å²) in [7, 11) is 2.21. The maximum Gasteiger partial charge on any atom is 0.246 e. The highest BCUT2D eigenvalue weighted by Crippen LogP contribution is 2.48. The van der Waals surface area contributed by atoms with Crippen molar-refractivity contribution in [3.8, 4) is 17.6 Å². The summed E-state index contributed by atoms with van der Waals surface area (Å²) in [4.78, 5) is 35.1. The fourth-order valence-electron chi connectivity index (χ4n) is 7.81. The molecule has 4 aliphatic rings. The number of amides is 1. The van der Waals surface area contributed by atoms with E-state index in [4.69, 9.17) is 20.2 Å². The Morgan fingerprint density at radius 1 is 1.09 bits per heavy atom. The molecule has 6 heterocycles. The molecule has 7 rings (SSSR count). The third-order valence-corrected chi connectivity index (χ3v) is 11.7. The van der Waals surface area contributed by atoms with Crippen molar-refractivity contribution in [1.29, 1.82) is 5.26 Å². The van der Waals surface area contributed by atoms with Crippen molar-refractivity contribution in [3.05, 3.63) is 46.7 Å². The molecule has 3 fully saturated rings. The highest BCUT2D eigenvalue weighted by molar-refractivity contribution is 7.16. The number of nitrogens with zero attached hydrogens (tertiary/aromatic N) is 9. The predicted molar refractivity (Wildman–Crippen MR) is 184 cm³/mol. The standard InChI is InChI=1S/C34H44N10O2S/c1-4-29(45)44-18-14-42(15-19-44)24-20-26(37-28(21-24)43-16-12-41(13-17-43)23-7-10-40(3)11-8-23)32-38-33(46-39-32)34(2)9-5-6-27-30(34)25(22-35)31(36)47-27/h4,20-21,23H,1,5-19,36H2,2-3H3. The van der Waals surface area contributed by atoms with Crippen molar-refractivity contribution >= 4 is 33.8 Å². The number of rotatable bonds is 6. The van der Waals surface area contributed by atoms with Gasteiger partial charge in [-0.1, -0.05) is 11.7 Å². The first-order valence-corrected chi connectivity index (χ1v) is 17.6. The maximum absolute atomic E-state index is 12.3. The fourth-order valence-corrected chi connectivity index (χ4v) is 9.00. The summed E-state index contributed by atoms with van der Waals surface area (Å²) < 4.78 is 6.00. The van der Waals surface area contributed by atoms with Crippen LogP contribution in [-0.4, -0.2) is 114 Å². The molecule has 3 aromatic rings. The zero-order valence-corrected chi connectivity index (χ0v) is 28.3. The van der Waals surface area contributed by atoms with Gasteiger partial charge in [0.05, 0.1) is 11.0 Å². The molecule has 12 nitrogen and oxygen atoms in total. The molecule has 0 saturated carbocycles. The number of aryl methyl sites for hydroxylation is 1. The quantitative estimate of drug-likeness (QED) is 0.392. The van der Waals surface area contributed by atoms with E-state index in [0.717, 1.165) is 80.5 Å². The number of carbonyl (C=O) groups excluding carboxylic acids is 1. The molecule has 0 radical (unpaired) electrons. The minimum atomic E-state index is -0.600. The van der Waals surface area contributed by atoms with Crippen LogP contribution in [0.25, 0.3) is 11.5 Å². The van der Waals surface area contributed by atoms with E-state index in [0.29, 0.717) is 60.2 Å². The number of hydrogen-bond donors (Lipinski definition) is 1. The van der Waals surface area contributed by atoms with Crippen molar-refractivity contribution in [2.45, 2.75) is 50.5 Å². The average Bonchev–Trinajstić information content (AvgIpc) is 3.74. The topological polar surface area (TPSA) is 135 Å². The Kier molecular flexibility index (Phi) is 8.67. The Hall–Kier alpha value is -3.99. The van der Waals surface area contributed by atoms with E-state index in [2.05, 4.69) is 57.4 Å². The van der Waals surface area contributed by atoms with Crippen LogP contribution >= 0.6 is 11.3 Å². The lowest BCUT2D eigenvalue weighted by atomic mass is 9.72. The van der Waals surface area contributed by atoms with Crippen molar-refractivity contribution in [3.63, 3.8) is 0 Å². The fraction of sp³-hybridized carbons (Fsp3) is 0.559. The van der Waals surface area contributed by atoms with Gasteiger partial charge in [0, 0.05) is 80.6 Å². The highest BCUT2D eigenvalue weighted by Gasteiger charge is 2.43. The monoisotopic (exact) mass is 656 g/mol. The summed E-state index contributed by atoms with van der Waals surface area (Å²) in [6.07, 6.45) is 6.48. The van der Waals surface area contributed by atoms with Crippen molar-refractivity contribution in [1.82, 2.24) is 29.8 Å². The molecule has 0 bridgehead atoms. The molecule has 1 unspecified atom stereocenters. The molecule has 1 amide bonds. The molecule has 1 atom stereocenters. The Morgan fingerprint density at radius 2 is 1.81 bits per heavy atom. The number of nitriles is 1. The van der Waals surface area contributed by atoms with E-state index >= 15 is 0 Å². The van der Waals surface area contributed by atoms with Gasteiger partial charge < -0.3 is 29.9 Å². The molecular weight excluding hydrogens is 613 g/mol. The molecule has 0 spiro atoms. The molecule has 2 N–H and O–H groups in total. The number of piperazine rings is 2. The number of likely N-dealkylation sites (tertiary alicyclic amines) is 1. The molecule has 47 heavy (non-hydrogen) atoms. The van der Waals surface area contributed by atoms with Crippen LogP contribution in [-0.2, 0) is 16.6 Å². The summed E-state index contributed by atoms with van der Waals surface area (Å²) in [6, 6.07) is 7.19. The second kappa shape index (κ2) is 12.9. The van der Waals surface area contributed by atoms with Gasteiger partial charge in [0.1, 0.15) is 22.6 Å². The largest absolute Gasteiger partial charge is 0.389 e. The number of pyridine rings is 1. The lowest BCUT2D eigenvalue weighted by molar-refractivity contribution is -0.126. The third kappa shape index (κ3) is 5.98. The van der Waals surface area contributed by atoms with Gasteiger partial charge >= 0.3 is 0 Å². The summed E-state index contributed by atoms with van der Waals surface area (Å²) in [6.45, 7) is 14.6. The number of hydrogen-bond acceptors (Lipinski definition) is 12. The second-order valence-corrected chi connectivity index (χ2v) is 14.6. The molecule has 3 aliphatic heterocycles. The zero-order chi connectivity index (χ0) is 32.7. The Balaban J connectivity index is 1.18. The van der Waals surface area contributed by atoms with Crippen LogP contribution in [0.3, 0.4) is 0 Å². The number of nitrogen functional groups attached to an aromatic ring is 1. The van der Waals surface area contributed by atoms with E-state index in [1.54, 1.807) is 0 Å². The van der Waals surface area contributed by atoms with E-state index in [-0.39, 0.29) is 5.91 Å². The predicted octanol–water partition coefficient (Wildman–Crippen LogP) is 3.34. The molecule has 1 aliphatic carbocycles. The van der Waals surface area contributed by atoms with Gasteiger partial charge in [0.15, 0.2) is 0 Å². The molecule has 0 aromatic carbocycles. The van der Waals surface area contributed by atoms with Crippen LogP contribution < -0.4 is 15.5 Å². The smallest absolute Gasteiger partial charge is 0.246 e. The number of anilines is 3. The van der Waals surface area contributed by atoms with Gasteiger partial charge in [0.25, 0.3) is 0 Å². The van der Waals surface area contributed by atoms with Crippen LogP contribution in [0.5, 0.6) is 0 Å². The van der Waals surface area contributed by atoms with E-state index in [1.165, 1.54) is 30.3 Å². The first kappa shape index (κ1) is 31.6. The number of carbonyl (C=O) groups is 1. The third-order valence-electron chi connectivity index (χ3n) is 10.7. The SMILES string of the molecule is C=CC(=O)N1CCN(c2cc(-c3noc(C4(C)CCCc5sc(N)c(C#N)c54)n3)nc(N3CCN(C4CCN(C)CC4)CC3)c2)CC1. The molecule has 3 saturated heterocycles. The lowest BCUT2D eigenvalue weighted by Crippen LogP contribution is -2.53. The number of thiophene rings is 1. The van der Waals surface area contributed by atoms with Gasteiger partial charge in [-0.05, 0) is 71.3 Å². The Morgan fingerprint density at radius 3 is 2.51 bits per heavy atom. The number of aromatic nitrogens is 3. The zero-order valence-electron chi connectivity index (χ0n) is 27.5. The Bertz CT molecular complexity index is 1670. The summed E-state index contributed by atoms with van der Waals surface area (Å²) in [5.74, 6) is 1.79. The van der Waals surface area contributed by atoms with Crippen molar-refractivity contribution < 1.29 is 9.32 Å². The van der Waals surface area contributed by atoms with Crippen LogP contribution in [0.2, 0.25) is 0 Å². The minimum Gasteiger partial charge on any atom is -0.389 e. The van der Waals surface area contributed by atoms with Crippen LogP contribution in [0, 0.1) is 11.3 Å². The highest BCUT2D eigenvalue weighted by atomic mass is 32.1. The molecular formula is C34H44N10O2S. The van der Waals surface area contributed by atoms with Crippen LogP contribution in [0.1, 0.15) is 54.5 Å². The normalized spacial score (nSPS) is 23.0. The van der Waals surface area contributed by atoms with Gasteiger partial charge in [-0.15, -0.1) is 11.3 Å². The van der Waals surface area contributed by atoms with E-state index in [9.17, 15) is 10.1 Å². The van der Waals surface area contributed by atoms with Crippen molar-refractivity contribution in [2.24, 2.45) is 0 Å². The molecule has 3 aromatic heterocycles. The van der Waals surface area contributed by atoms with Crippen LogP contribution in [0.15, 0.2) is 29.3 Å². The number of piperidine rings is 1. The summed E-state index contributed by atoms with van der Waals surface area (Å²) >= 11 is 1.50. The van der Waals surface area contributed by atoms with Crippen LogP contribution in [0.4, 0.5) is 16.5 Å². The van der Waals surface area contributed by atoms with E-state index in [1.807, 2.05) is 11.0 Å². The van der Waals surface area contributed by atoms with Gasteiger partial charge in [-0.2, -0.15) is 10.2 Å². The lowest BCUT2D eigenvalue weighted by Gasteiger charge is -2.42. The second-order valence-electron chi connectivity index (χ2n) is 13.5. The first-order chi connectivity index (χ1) is 22.8. The molecule has 248 valence electrons. The van der Waals surface area contributed by atoms with Gasteiger partial charge in [0.2, 0.25) is 17.6 Å². The minimum absolute atomic E-state index is 0.0335. The first-order valence-electron chi connectivity index (χ1n) is 16.8. The summed E-state index contributed by atoms with van der Waals surface area (Å²) in [5.41, 5.74) is 8.81. The number of nitrogens with two attached hydrogens (primary N) is 1. The van der Waals surface area contributed by atoms with Gasteiger partial charge in [-0.25, -0.2) is 4.98 Å². The van der Waals surface area contributed by atoms with Gasteiger partial charge in [-0.3, -0.25) is 9.69 Å². The van der Waals surface area contributed by atoms with E-state index < -0.39 is 5.41 Å².